The van der Waals surface area contributed by atoms with Crippen molar-refractivity contribution in [2.75, 3.05) is 0 Å². The van der Waals surface area contributed by atoms with Gasteiger partial charge in [-0.1, -0.05) is 0 Å². The fourth-order valence-corrected chi connectivity index (χ4v) is 0.118. The zero-order valence-corrected chi connectivity index (χ0v) is 5.93. The summed E-state index contributed by atoms with van der Waals surface area (Å²) >= 11 is 0. The summed E-state index contributed by atoms with van der Waals surface area (Å²) in [6, 6.07) is 0. The van der Waals surface area contributed by atoms with Crippen LogP contribution in [-0.4, -0.2) is 11.9 Å². The average molecular weight is 297 g/mol. The van der Waals surface area contributed by atoms with Crippen LogP contribution in [-0.2, 0) is 30.7 Å². The van der Waals surface area contributed by atoms with Crippen LogP contribution in [0.2, 0.25) is 0 Å². The van der Waals surface area contributed by atoms with E-state index in [-0.39, 0.29) is 21.1 Å². The Hall–Kier alpha value is -0.372. The standard InChI is InChI=1S/C3H4O4.Pt/c4-2(5)1-3(6)7;/h1H2,(H,4,5)(H,6,7);/q;+2/p-2. The molecular formula is C3H2O4Pt. The molecule has 0 radical (unpaired) electrons. The minimum Gasteiger partial charge on any atom is -0.550 e. The second-order valence-corrected chi connectivity index (χ2v) is 0.921. The van der Waals surface area contributed by atoms with Crippen LogP contribution in [0.1, 0.15) is 6.42 Å². The average Bonchev–Trinajstić information content (AvgIpc) is 1.27. The van der Waals surface area contributed by atoms with Gasteiger partial charge in [0.2, 0.25) is 0 Å². The van der Waals surface area contributed by atoms with Crippen molar-refractivity contribution in [2.45, 2.75) is 6.42 Å². The molecule has 48 valence electrons. The third-order valence-corrected chi connectivity index (χ3v) is 0.289. The molecule has 4 nitrogen and oxygen atoms in total. The van der Waals surface area contributed by atoms with Crippen molar-refractivity contribution < 1.29 is 40.9 Å². The number of carbonyl (C=O) groups excluding carboxylic acids is 2. The molecule has 0 aromatic carbocycles. The predicted octanol–water partition coefficient (Wildman–Crippen LogP) is -3.13. The SMILES string of the molecule is O=C([O-])CC(=O)[O-].[Pt+2]. The summed E-state index contributed by atoms with van der Waals surface area (Å²) in [6.07, 6.45) is -1.03. The number of hydrogen-bond donors (Lipinski definition) is 0. The molecule has 0 spiro atoms. The van der Waals surface area contributed by atoms with Gasteiger partial charge in [-0.25, -0.2) is 0 Å². The van der Waals surface area contributed by atoms with Crippen molar-refractivity contribution in [3.05, 3.63) is 0 Å². The summed E-state index contributed by atoms with van der Waals surface area (Å²) in [4.78, 5) is 18.6. The summed E-state index contributed by atoms with van der Waals surface area (Å²) in [5.41, 5.74) is 0. The molecule has 0 atom stereocenters. The Morgan fingerprint density at radius 3 is 1.38 bits per heavy atom. The first-order valence-electron chi connectivity index (χ1n) is 1.52. The number of aliphatic carboxylic acids is 2. The molecule has 0 saturated heterocycles. The Labute approximate surface area is 59.8 Å². The van der Waals surface area contributed by atoms with E-state index in [9.17, 15) is 19.8 Å². The fourth-order valence-electron chi connectivity index (χ4n) is 0.118. The number of rotatable bonds is 2. The molecule has 0 fully saturated rings. The number of carboxylic acids is 2. The van der Waals surface area contributed by atoms with Gasteiger partial charge in [0, 0.05) is 18.4 Å². The maximum atomic E-state index is 9.28. The Balaban J connectivity index is 0. The van der Waals surface area contributed by atoms with Crippen LogP contribution in [0.15, 0.2) is 0 Å². The monoisotopic (exact) mass is 297 g/mol. The van der Waals surface area contributed by atoms with Crippen LogP contribution in [0.3, 0.4) is 0 Å². The third-order valence-electron chi connectivity index (χ3n) is 0.289. The Kier molecular flexibility index (Phi) is 6.32. The summed E-state index contributed by atoms with van der Waals surface area (Å²) < 4.78 is 0. The molecule has 0 unspecified atom stereocenters. The van der Waals surface area contributed by atoms with Gasteiger partial charge in [0.05, 0.1) is 0 Å². The van der Waals surface area contributed by atoms with Gasteiger partial charge in [0.15, 0.2) is 0 Å². The topological polar surface area (TPSA) is 80.3 Å². The van der Waals surface area contributed by atoms with Gasteiger partial charge in [0.25, 0.3) is 0 Å². The van der Waals surface area contributed by atoms with Gasteiger partial charge in [-0.3, -0.25) is 0 Å². The van der Waals surface area contributed by atoms with Crippen molar-refractivity contribution in [1.29, 1.82) is 0 Å². The predicted molar refractivity (Wildman–Crippen MR) is 14.6 cm³/mol. The summed E-state index contributed by atoms with van der Waals surface area (Å²) in [5, 5.41) is 18.6. The van der Waals surface area contributed by atoms with Crippen LogP contribution < -0.4 is 10.2 Å². The van der Waals surface area contributed by atoms with E-state index in [0.29, 0.717) is 0 Å². The maximum Gasteiger partial charge on any atom is 2.00 e. The molecule has 0 rings (SSSR count). The largest absolute Gasteiger partial charge is 2.00 e. The fraction of sp³-hybridized carbons (Fsp3) is 0.333. The van der Waals surface area contributed by atoms with Crippen molar-refractivity contribution in [3.63, 3.8) is 0 Å². The smallest absolute Gasteiger partial charge is 0.550 e. The molecule has 8 heavy (non-hydrogen) atoms. The maximum absolute atomic E-state index is 9.28. The number of carboxylic acid groups (broad SMARTS) is 2. The number of hydrogen-bond acceptors (Lipinski definition) is 4. The molecule has 0 aliphatic rings. The van der Waals surface area contributed by atoms with Crippen molar-refractivity contribution in [3.8, 4) is 0 Å². The van der Waals surface area contributed by atoms with E-state index >= 15 is 0 Å². The second kappa shape index (κ2) is 4.78. The Morgan fingerprint density at radius 2 is 1.38 bits per heavy atom. The van der Waals surface area contributed by atoms with Crippen LogP contribution in [0.25, 0.3) is 0 Å². The van der Waals surface area contributed by atoms with Crippen LogP contribution in [0.4, 0.5) is 0 Å². The zero-order chi connectivity index (χ0) is 5.86. The molecule has 0 aromatic heterocycles. The van der Waals surface area contributed by atoms with Crippen LogP contribution >= 0.6 is 0 Å². The van der Waals surface area contributed by atoms with E-state index in [2.05, 4.69) is 0 Å². The third kappa shape index (κ3) is 9.16. The van der Waals surface area contributed by atoms with Crippen molar-refractivity contribution >= 4 is 11.9 Å². The Morgan fingerprint density at radius 1 is 1.12 bits per heavy atom. The van der Waals surface area contributed by atoms with Gasteiger partial charge in [-0.15, -0.1) is 0 Å². The van der Waals surface area contributed by atoms with Gasteiger partial charge in [-0.05, 0) is 0 Å². The van der Waals surface area contributed by atoms with E-state index in [4.69, 9.17) is 0 Å². The quantitative estimate of drug-likeness (QED) is 0.505. The first-order chi connectivity index (χ1) is 3.13. The van der Waals surface area contributed by atoms with Gasteiger partial charge < -0.3 is 19.8 Å². The van der Waals surface area contributed by atoms with Gasteiger partial charge in [0.1, 0.15) is 0 Å². The van der Waals surface area contributed by atoms with E-state index in [1.807, 2.05) is 0 Å². The Bertz CT molecular complexity index is 87.5. The summed E-state index contributed by atoms with van der Waals surface area (Å²) in [5.74, 6) is -3.25. The molecule has 0 aliphatic carbocycles. The molecule has 0 saturated carbocycles. The van der Waals surface area contributed by atoms with Gasteiger partial charge >= 0.3 is 21.1 Å². The van der Waals surface area contributed by atoms with E-state index < -0.39 is 18.4 Å². The first kappa shape index (κ1) is 10.6. The molecule has 5 heteroatoms. The van der Waals surface area contributed by atoms with Crippen molar-refractivity contribution in [1.82, 2.24) is 0 Å². The molecule has 0 heterocycles. The molecule has 0 bridgehead atoms. The van der Waals surface area contributed by atoms with Gasteiger partial charge in [-0.2, -0.15) is 0 Å². The molecular weight excluding hydrogens is 295 g/mol. The molecule has 0 N–H and O–H groups in total. The molecule has 0 aromatic rings. The van der Waals surface area contributed by atoms with E-state index in [1.54, 1.807) is 0 Å². The van der Waals surface area contributed by atoms with Crippen LogP contribution in [0.5, 0.6) is 0 Å². The number of carbonyl (C=O) groups is 2. The van der Waals surface area contributed by atoms with E-state index in [0.717, 1.165) is 0 Å². The first-order valence-corrected chi connectivity index (χ1v) is 1.52. The minimum atomic E-state index is -1.63. The van der Waals surface area contributed by atoms with Crippen LogP contribution in [0, 0.1) is 0 Å². The zero-order valence-electron chi connectivity index (χ0n) is 3.66. The van der Waals surface area contributed by atoms with Crippen molar-refractivity contribution in [2.24, 2.45) is 0 Å². The summed E-state index contributed by atoms with van der Waals surface area (Å²) in [7, 11) is 0. The normalized spacial score (nSPS) is 7.00. The summed E-state index contributed by atoms with van der Waals surface area (Å²) in [6.45, 7) is 0. The molecule has 0 amide bonds. The second-order valence-electron chi connectivity index (χ2n) is 0.921. The minimum absolute atomic E-state index is 0. The van der Waals surface area contributed by atoms with E-state index in [1.165, 1.54) is 0 Å². The molecule has 0 aliphatic heterocycles.